The van der Waals surface area contributed by atoms with Gasteiger partial charge in [-0.2, -0.15) is 0 Å². The van der Waals surface area contributed by atoms with Gasteiger partial charge in [-0.1, -0.05) is 18.2 Å². The summed E-state index contributed by atoms with van der Waals surface area (Å²) >= 11 is 0. The summed E-state index contributed by atoms with van der Waals surface area (Å²) in [5.74, 6) is 1.29. The number of aromatic nitrogens is 3. The van der Waals surface area contributed by atoms with Crippen LogP contribution in [0.3, 0.4) is 0 Å². The standard InChI is InChI=1S/C20H27N5O3S/c1-29(27,28)21-13-12-16-7-5-6-14-24(16)20(26)18-22-19(15-10-11-15)25(23-18)17-8-3-2-4-9-17/h2-4,8-9,15-16,21H,5-7,10-14H2,1H3. The van der Waals surface area contributed by atoms with Crippen LogP contribution < -0.4 is 4.72 Å². The lowest BCUT2D eigenvalue weighted by Gasteiger charge is -2.35. The number of hydrogen-bond donors (Lipinski definition) is 1. The molecular weight excluding hydrogens is 390 g/mol. The topological polar surface area (TPSA) is 97.2 Å². The lowest BCUT2D eigenvalue weighted by molar-refractivity contribution is 0.0591. The van der Waals surface area contributed by atoms with E-state index in [-0.39, 0.29) is 17.8 Å². The molecule has 1 aliphatic carbocycles. The number of sulfonamides is 1. The van der Waals surface area contributed by atoms with Crippen LogP contribution in [0.4, 0.5) is 0 Å². The van der Waals surface area contributed by atoms with Crippen molar-refractivity contribution in [3.05, 3.63) is 42.0 Å². The van der Waals surface area contributed by atoms with Crippen LogP contribution in [0.15, 0.2) is 30.3 Å². The second kappa shape index (κ2) is 8.23. The molecule has 8 nitrogen and oxygen atoms in total. The Labute approximate surface area is 171 Å². The van der Waals surface area contributed by atoms with E-state index in [0.29, 0.717) is 25.4 Å². The van der Waals surface area contributed by atoms with Crippen molar-refractivity contribution in [1.82, 2.24) is 24.4 Å². The molecule has 2 aromatic rings. The predicted molar refractivity (Wildman–Crippen MR) is 109 cm³/mol. The smallest absolute Gasteiger partial charge is 0.293 e. The molecular formula is C20H27N5O3S. The number of rotatable bonds is 7. The van der Waals surface area contributed by atoms with Gasteiger partial charge in [0.15, 0.2) is 0 Å². The minimum atomic E-state index is -3.23. The third kappa shape index (κ3) is 4.84. The molecule has 1 unspecified atom stereocenters. The van der Waals surface area contributed by atoms with E-state index in [1.54, 1.807) is 4.68 Å². The molecule has 2 aliphatic rings. The van der Waals surface area contributed by atoms with Crippen LogP contribution in [0.2, 0.25) is 0 Å². The third-order valence-corrected chi connectivity index (χ3v) is 6.23. The van der Waals surface area contributed by atoms with Gasteiger partial charge in [-0.3, -0.25) is 4.79 Å². The zero-order valence-corrected chi connectivity index (χ0v) is 17.4. The predicted octanol–water partition coefficient (Wildman–Crippen LogP) is 2.08. The van der Waals surface area contributed by atoms with Crippen molar-refractivity contribution in [3.63, 3.8) is 0 Å². The summed E-state index contributed by atoms with van der Waals surface area (Å²) in [5.41, 5.74) is 0.911. The lowest BCUT2D eigenvalue weighted by atomic mass is 9.99. The molecule has 1 aromatic carbocycles. The zero-order valence-electron chi connectivity index (χ0n) is 16.6. The normalized spacial score (nSPS) is 20.0. The van der Waals surface area contributed by atoms with E-state index in [0.717, 1.165) is 49.9 Å². The summed E-state index contributed by atoms with van der Waals surface area (Å²) in [7, 11) is -3.23. The molecule has 1 atom stereocenters. The van der Waals surface area contributed by atoms with E-state index in [4.69, 9.17) is 0 Å². The van der Waals surface area contributed by atoms with E-state index < -0.39 is 10.0 Å². The highest BCUT2D eigenvalue weighted by atomic mass is 32.2. The van der Waals surface area contributed by atoms with Crippen LogP contribution in [0.25, 0.3) is 5.69 Å². The number of para-hydroxylation sites is 1. The summed E-state index contributed by atoms with van der Waals surface area (Å²) in [6, 6.07) is 9.78. The number of likely N-dealkylation sites (tertiary alicyclic amines) is 1. The van der Waals surface area contributed by atoms with Crippen LogP contribution in [0, 0.1) is 0 Å². The first-order chi connectivity index (χ1) is 13.9. The Kier molecular flexibility index (Phi) is 5.69. The molecule has 0 radical (unpaired) electrons. The van der Waals surface area contributed by atoms with Crippen LogP contribution in [-0.4, -0.2) is 59.4 Å². The maximum atomic E-state index is 13.3. The molecule has 9 heteroatoms. The summed E-state index contributed by atoms with van der Waals surface area (Å²) in [4.78, 5) is 19.7. The van der Waals surface area contributed by atoms with Gasteiger partial charge >= 0.3 is 0 Å². The fourth-order valence-electron chi connectivity index (χ4n) is 3.89. The summed E-state index contributed by atoms with van der Waals surface area (Å²) in [6.07, 6.45) is 6.73. The second-order valence-electron chi connectivity index (χ2n) is 7.92. The Morgan fingerprint density at radius 1 is 1.17 bits per heavy atom. The minimum Gasteiger partial charge on any atom is -0.333 e. The highest BCUT2D eigenvalue weighted by Crippen LogP contribution is 2.39. The molecule has 4 rings (SSSR count). The quantitative estimate of drug-likeness (QED) is 0.744. The van der Waals surface area contributed by atoms with Crippen molar-refractivity contribution in [2.75, 3.05) is 19.3 Å². The molecule has 156 valence electrons. The highest BCUT2D eigenvalue weighted by Gasteiger charge is 2.34. The van der Waals surface area contributed by atoms with Gasteiger partial charge in [-0.25, -0.2) is 22.8 Å². The van der Waals surface area contributed by atoms with Gasteiger partial charge in [-0.05, 0) is 50.7 Å². The average molecular weight is 418 g/mol. The van der Waals surface area contributed by atoms with Gasteiger partial charge in [0.25, 0.3) is 5.91 Å². The van der Waals surface area contributed by atoms with Crippen molar-refractivity contribution in [3.8, 4) is 5.69 Å². The lowest BCUT2D eigenvalue weighted by Crippen LogP contribution is -2.45. The van der Waals surface area contributed by atoms with Crippen molar-refractivity contribution in [1.29, 1.82) is 0 Å². The fourth-order valence-corrected chi connectivity index (χ4v) is 4.38. The number of nitrogens with zero attached hydrogens (tertiary/aromatic N) is 4. The Morgan fingerprint density at radius 2 is 1.93 bits per heavy atom. The first kappa shape index (κ1) is 20.0. The van der Waals surface area contributed by atoms with Crippen LogP contribution in [0.1, 0.15) is 60.9 Å². The molecule has 0 bridgehead atoms. The van der Waals surface area contributed by atoms with Crippen molar-refractivity contribution in [2.24, 2.45) is 0 Å². The molecule has 2 heterocycles. The SMILES string of the molecule is CS(=O)(=O)NCCC1CCCCN1C(=O)c1nc(C2CC2)n(-c2ccccc2)n1. The Balaban J connectivity index is 1.54. The number of nitrogens with one attached hydrogen (secondary N) is 1. The maximum absolute atomic E-state index is 13.3. The van der Waals surface area contributed by atoms with E-state index in [2.05, 4.69) is 14.8 Å². The van der Waals surface area contributed by atoms with Crippen LogP contribution >= 0.6 is 0 Å². The number of amides is 1. The van der Waals surface area contributed by atoms with E-state index in [1.165, 1.54) is 0 Å². The maximum Gasteiger partial charge on any atom is 0.293 e. The van der Waals surface area contributed by atoms with Crippen molar-refractivity contribution in [2.45, 2.75) is 50.5 Å². The first-order valence-corrected chi connectivity index (χ1v) is 12.1. The summed E-state index contributed by atoms with van der Waals surface area (Å²) in [6.45, 7) is 0.980. The molecule has 1 aliphatic heterocycles. The van der Waals surface area contributed by atoms with Gasteiger partial charge in [0.05, 0.1) is 11.9 Å². The summed E-state index contributed by atoms with van der Waals surface area (Å²) in [5, 5.41) is 4.57. The first-order valence-electron chi connectivity index (χ1n) is 10.2. The number of hydrogen-bond acceptors (Lipinski definition) is 5. The highest BCUT2D eigenvalue weighted by molar-refractivity contribution is 7.88. The van der Waals surface area contributed by atoms with Gasteiger partial charge in [0.1, 0.15) is 5.82 Å². The van der Waals surface area contributed by atoms with Gasteiger partial charge in [0.2, 0.25) is 15.8 Å². The van der Waals surface area contributed by atoms with E-state index >= 15 is 0 Å². The minimum absolute atomic E-state index is 0.00134. The number of piperidine rings is 1. The molecule has 0 spiro atoms. The summed E-state index contributed by atoms with van der Waals surface area (Å²) < 4.78 is 27.0. The number of benzene rings is 1. The molecule has 29 heavy (non-hydrogen) atoms. The third-order valence-electron chi connectivity index (χ3n) is 5.50. The molecule has 1 N–H and O–H groups in total. The largest absolute Gasteiger partial charge is 0.333 e. The fraction of sp³-hybridized carbons (Fsp3) is 0.550. The molecule has 2 fully saturated rings. The average Bonchev–Trinajstić information content (AvgIpc) is 3.46. The van der Waals surface area contributed by atoms with Gasteiger partial charge in [0, 0.05) is 25.0 Å². The Hall–Kier alpha value is -2.26. The molecule has 1 amide bonds. The zero-order chi connectivity index (χ0) is 20.4. The molecule has 1 saturated heterocycles. The van der Waals surface area contributed by atoms with Crippen molar-refractivity contribution >= 4 is 15.9 Å². The second-order valence-corrected chi connectivity index (χ2v) is 9.75. The molecule has 1 aromatic heterocycles. The van der Waals surface area contributed by atoms with Gasteiger partial charge in [-0.15, -0.1) is 5.10 Å². The number of carbonyl (C=O) groups excluding carboxylic acids is 1. The van der Waals surface area contributed by atoms with E-state index in [1.807, 2.05) is 35.2 Å². The van der Waals surface area contributed by atoms with Crippen molar-refractivity contribution < 1.29 is 13.2 Å². The number of carbonyl (C=O) groups is 1. The Morgan fingerprint density at radius 3 is 2.62 bits per heavy atom. The van der Waals surface area contributed by atoms with Gasteiger partial charge < -0.3 is 4.90 Å². The Bertz CT molecular complexity index is 969. The van der Waals surface area contributed by atoms with Crippen LogP contribution in [-0.2, 0) is 10.0 Å². The molecule has 1 saturated carbocycles. The van der Waals surface area contributed by atoms with E-state index in [9.17, 15) is 13.2 Å². The van der Waals surface area contributed by atoms with Crippen LogP contribution in [0.5, 0.6) is 0 Å². The monoisotopic (exact) mass is 417 g/mol.